The molecule has 0 spiro atoms. The van der Waals surface area contributed by atoms with Gasteiger partial charge in [0.1, 0.15) is 12.5 Å². The molecule has 0 aromatic heterocycles. The van der Waals surface area contributed by atoms with Crippen molar-refractivity contribution in [2.75, 3.05) is 13.7 Å². The van der Waals surface area contributed by atoms with E-state index in [0.29, 0.717) is 0 Å². The second-order valence-electron chi connectivity index (χ2n) is 2.37. The maximum atomic E-state index is 11.1. The van der Waals surface area contributed by atoms with E-state index in [-0.39, 0.29) is 18.4 Å². The third-order valence-electron chi connectivity index (χ3n) is 1.46. The van der Waals surface area contributed by atoms with Gasteiger partial charge in [0, 0.05) is 7.05 Å². The van der Waals surface area contributed by atoms with Crippen molar-refractivity contribution >= 4 is 11.8 Å². The molecule has 0 heterocycles. The highest BCUT2D eigenvalue weighted by Crippen LogP contribution is 2.00. The lowest BCUT2D eigenvalue weighted by Crippen LogP contribution is -2.32. The van der Waals surface area contributed by atoms with E-state index >= 15 is 0 Å². The van der Waals surface area contributed by atoms with E-state index in [0.717, 1.165) is 0 Å². The Hall–Kier alpha value is -1.52. The minimum atomic E-state index is -0.602. The molecule has 1 atom stereocenters. The molecule has 13 heavy (non-hydrogen) atoms. The van der Waals surface area contributed by atoms with Gasteiger partial charge in [-0.3, -0.25) is 4.79 Å². The Labute approximate surface area is 77.1 Å². The molecule has 0 saturated carbocycles. The topological polar surface area (TPSA) is 70.9 Å². The maximum Gasteiger partial charge on any atom is 0.238 e. The molecule has 1 unspecified atom stereocenters. The molecule has 0 aromatic carbocycles. The second-order valence-corrected chi connectivity index (χ2v) is 2.37. The lowest BCUT2D eigenvalue weighted by molar-refractivity contribution is -0.122. The van der Waals surface area contributed by atoms with Gasteiger partial charge in [-0.1, -0.05) is 17.8 Å². The van der Waals surface area contributed by atoms with Crippen LogP contribution < -0.4 is 5.32 Å². The molecule has 0 rings (SSSR count). The van der Waals surface area contributed by atoms with E-state index in [1.54, 1.807) is 6.92 Å². The predicted molar refractivity (Wildman–Crippen MR) is 48.6 cm³/mol. The first-order valence-electron chi connectivity index (χ1n) is 3.84. The fourth-order valence-corrected chi connectivity index (χ4v) is 0.713. The summed E-state index contributed by atoms with van der Waals surface area (Å²) in [6, 6.07) is 0. The molecule has 5 heteroatoms. The molecule has 0 aliphatic heterocycles. The summed E-state index contributed by atoms with van der Waals surface area (Å²) in [6.07, 6.45) is 1.50. The Morgan fingerprint density at radius 1 is 1.85 bits per heavy atom. The molecular weight excluding hydrogens is 172 g/mol. The van der Waals surface area contributed by atoms with Crippen LogP contribution in [0.2, 0.25) is 0 Å². The Kier molecular flexibility index (Phi) is 5.34. The van der Waals surface area contributed by atoms with Crippen LogP contribution in [0, 0.1) is 5.92 Å². The van der Waals surface area contributed by atoms with E-state index in [9.17, 15) is 4.79 Å². The fourth-order valence-electron chi connectivity index (χ4n) is 0.713. The van der Waals surface area contributed by atoms with Gasteiger partial charge >= 0.3 is 0 Å². The summed E-state index contributed by atoms with van der Waals surface area (Å²) in [4.78, 5) is 11.1. The third kappa shape index (κ3) is 3.59. The monoisotopic (exact) mass is 186 g/mol. The second kappa shape index (κ2) is 6.05. The molecule has 0 aliphatic rings. The number of carbonyl (C=O) groups is 1. The van der Waals surface area contributed by atoms with Crippen LogP contribution in [0.25, 0.3) is 0 Å². The lowest BCUT2D eigenvalue weighted by Gasteiger charge is -2.11. The van der Waals surface area contributed by atoms with Crippen molar-refractivity contribution in [3.05, 3.63) is 12.7 Å². The zero-order valence-electron chi connectivity index (χ0n) is 7.78. The van der Waals surface area contributed by atoms with Crippen molar-refractivity contribution in [2.45, 2.75) is 6.92 Å². The number of hydrogen-bond acceptors (Lipinski definition) is 4. The predicted octanol–water partition coefficient (Wildman–Crippen LogP) is 0.359. The van der Waals surface area contributed by atoms with Gasteiger partial charge in [-0.05, 0) is 6.92 Å². The highest BCUT2D eigenvalue weighted by atomic mass is 16.5. The van der Waals surface area contributed by atoms with Crippen LogP contribution in [0.3, 0.4) is 0 Å². The Morgan fingerprint density at radius 3 is 2.85 bits per heavy atom. The molecule has 5 nitrogen and oxygen atoms in total. The first-order chi connectivity index (χ1) is 6.17. The summed E-state index contributed by atoms with van der Waals surface area (Å²) in [5, 5.41) is 13.8. The van der Waals surface area contributed by atoms with Crippen molar-refractivity contribution in [3.63, 3.8) is 0 Å². The Bertz CT molecular complexity index is 213. The van der Waals surface area contributed by atoms with Crippen LogP contribution in [0.15, 0.2) is 17.8 Å². The molecule has 0 saturated heterocycles. The van der Waals surface area contributed by atoms with Crippen LogP contribution in [-0.2, 0) is 9.53 Å². The number of nitrogens with zero attached hydrogens (tertiary/aromatic N) is 1. The van der Waals surface area contributed by atoms with Crippen LogP contribution in [0.5, 0.6) is 0 Å². The number of ether oxygens (including phenoxy) is 1. The number of oxime groups is 1. The molecule has 0 aromatic rings. The van der Waals surface area contributed by atoms with Gasteiger partial charge in [-0.2, -0.15) is 0 Å². The minimum Gasteiger partial charge on any atom is -0.474 e. The third-order valence-corrected chi connectivity index (χ3v) is 1.46. The Morgan fingerprint density at radius 2 is 2.46 bits per heavy atom. The van der Waals surface area contributed by atoms with E-state index < -0.39 is 5.92 Å². The standard InChI is InChI=1S/C8H14N2O3/c1-4-5-13-8(10-12)6(2)7(11)9-3/h4,6,12H,1,5H2,2-3H3,(H,9,11). The SMILES string of the molecule is C=CCOC(=NO)C(C)C(=O)NC. The van der Waals surface area contributed by atoms with Crippen molar-refractivity contribution < 1.29 is 14.7 Å². The van der Waals surface area contributed by atoms with E-state index in [2.05, 4.69) is 17.1 Å². The van der Waals surface area contributed by atoms with E-state index in [1.807, 2.05) is 0 Å². The zero-order chi connectivity index (χ0) is 10.3. The van der Waals surface area contributed by atoms with Crippen LogP contribution >= 0.6 is 0 Å². The fraction of sp³-hybridized carbons (Fsp3) is 0.500. The van der Waals surface area contributed by atoms with E-state index in [4.69, 9.17) is 9.94 Å². The molecule has 0 bridgehead atoms. The van der Waals surface area contributed by atoms with Gasteiger partial charge in [0.15, 0.2) is 0 Å². The van der Waals surface area contributed by atoms with Crippen LogP contribution in [0.4, 0.5) is 0 Å². The molecule has 0 radical (unpaired) electrons. The van der Waals surface area contributed by atoms with Gasteiger partial charge in [-0.15, -0.1) is 0 Å². The first-order valence-corrected chi connectivity index (χ1v) is 3.84. The quantitative estimate of drug-likeness (QED) is 0.219. The summed E-state index contributed by atoms with van der Waals surface area (Å²) in [6.45, 7) is 5.22. The van der Waals surface area contributed by atoms with Crippen LogP contribution in [-0.4, -0.2) is 30.7 Å². The molecule has 0 aliphatic carbocycles. The minimum absolute atomic E-state index is 0.0146. The summed E-state index contributed by atoms with van der Waals surface area (Å²) in [5.74, 6) is -0.883. The number of nitrogens with one attached hydrogen (secondary N) is 1. The Balaban J connectivity index is 4.23. The molecule has 74 valence electrons. The summed E-state index contributed by atoms with van der Waals surface area (Å²) < 4.78 is 4.95. The van der Waals surface area contributed by atoms with Crippen molar-refractivity contribution in [2.24, 2.45) is 11.1 Å². The lowest BCUT2D eigenvalue weighted by atomic mass is 10.1. The maximum absolute atomic E-state index is 11.1. The van der Waals surface area contributed by atoms with Crippen molar-refractivity contribution in [1.82, 2.24) is 5.32 Å². The van der Waals surface area contributed by atoms with Crippen molar-refractivity contribution in [1.29, 1.82) is 0 Å². The van der Waals surface area contributed by atoms with Gasteiger partial charge < -0.3 is 15.3 Å². The van der Waals surface area contributed by atoms with Crippen molar-refractivity contribution in [3.8, 4) is 0 Å². The average Bonchev–Trinajstić information content (AvgIpc) is 2.17. The zero-order valence-corrected chi connectivity index (χ0v) is 7.78. The molecule has 1 amide bonds. The molecular formula is C8H14N2O3. The smallest absolute Gasteiger partial charge is 0.238 e. The highest BCUT2D eigenvalue weighted by molar-refractivity contribution is 5.99. The van der Waals surface area contributed by atoms with Gasteiger partial charge in [0.25, 0.3) is 0 Å². The number of amides is 1. The summed E-state index contributed by atoms with van der Waals surface area (Å²) >= 11 is 0. The number of rotatable bonds is 4. The molecule has 2 N–H and O–H groups in total. The van der Waals surface area contributed by atoms with E-state index in [1.165, 1.54) is 13.1 Å². The first kappa shape index (κ1) is 11.5. The number of hydrogen-bond donors (Lipinski definition) is 2. The summed E-state index contributed by atoms with van der Waals surface area (Å²) in [7, 11) is 1.50. The number of carbonyl (C=O) groups excluding carboxylic acids is 1. The average molecular weight is 186 g/mol. The highest BCUT2D eigenvalue weighted by Gasteiger charge is 2.19. The van der Waals surface area contributed by atoms with Gasteiger partial charge in [0.05, 0.1) is 0 Å². The van der Waals surface area contributed by atoms with Gasteiger partial charge in [-0.25, -0.2) is 0 Å². The van der Waals surface area contributed by atoms with Gasteiger partial charge in [0.2, 0.25) is 11.8 Å². The summed E-state index contributed by atoms with van der Waals surface area (Å²) in [5.41, 5.74) is 0. The largest absolute Gasteiger partial charge is 0.474 e. The normalized spacial score (nSPS) is 13.2. The molecule has 0 fully saturated rings. The van der Waals surface area contributed by atoms with Crippen LogP contribution in [0.1, 0.15) is 6.92 Å².